The lowest BCUT2D eigenvalue weighted by Crippen LogP contribution is -1.95. The van der Waals surface area contributed by atoms with Gasteiger partial charge in [-0.1, -0.05) is 44.2 Å². The Morgan fingerprint density at radius 3 is 2.52 bits per heavy atom. The number of rotatable bonds is 9. The molecule has 0 radical (unpaired) electrons. The summed E-state index contributed by atoms with van der Waals surface area (Å²) in [6.07, 6.45) is 3.47. The van der Waals surface area contributed by atoms with E-state index in [-0.39, 0.29) is 17.5 Å². The highest BCUT2D eigenvalue weighted by molar-refractivity contribution is 5.80. The molecule has 0 fully saturated rings. The lowest BCUT2D eigenvalue weighted by Gasteiger charge is -2.06. The second kappa shape index (κ2) is 10.1. The maximum Gasteiger partial charge on any atom is 0.252 e. The van der Waals surface area contributed by atoms with Crippen LogP contribution in [0.1, 0.15) is 55.3 Å². The van der Waals surface area contributed by atoms with Gasteiger partial charge in [0, 0.05) is 5.92 Å². The molecule has 0 aliphatic carbocycles. The number of benzene rings is 2. The Balaban J connectivity index is 1.58. The van der Waals surface area contributed by atoms with Gasteiger partial charge in [0.05, 0.1) is 6.21 Å². The summed E-state index contributed by atoms with van der Waals surface area (Å²) in [7, 11) is 0. The molecule has 0 spiro atoms. The van der Waals surface area contributed by atoms with Crippen molar-refractivity contribution in [3.05, 3.63) is 77.3 Å². The van der Waals surface area contributed by atoms with Gasteiger partial charge >= 0.3 is 0 Å². The first-order valence-electron chi connectivity index (χ1n) is 9.70. The predicted octanol–water partition coefficient (Wildman–Crippen LogP) is 5.47. The SMILES string of the molecule is CCC(CC)c1nc(C#N)c(N/N=C/c2ccc(OCc3ccccc3)cc2)o1. The standard InChI is InChI=1S/C23H24N4O2/c1-3-19(4-2)22-26-21(14-24)23(29-22)27-25-15-17-10-12-20(13-11-17)28-16-18-8-6-5-7-9-18/h5-13,15,19,27H,3-4,16H2,1-2H3/b25-15+. The molecule has 1 heterocycles. The molecule has 1 N–H and O–H groups in total. The van der Waals surface area contributed by atoms with E-state index in [1.807, 2.05) is 60.7 Å². The topological polar surface area (TPSA) is 83.4 Å². The summed E-state index contributed by atoms with van der Waals surface area (Å²) >= 11 is 0. The van der Waals surface area contributed by atoms with E-state index in [1.165, 1.54) is 0 Å². The maximum absolute atomic E-state index is 9.26. The Hall–Kier alpha value is -3.59. The largest absolute Gasteiger partial charge is 0.489 e. The normalized spacial score (nSPS) is 11.0. The molecule has 2 aromatic carbocycles. The first-order valence-corrected chi connectivity index (χ1v) is 9.70. The number of hydrogen-bond donors (Lipinski definition) is 1. The molecule has 3 aromatic rings. The molecule has 0 bridgehead atoms. The summed E-state index contributed by atoms with van der Waals surface area (Å²) in [5, 5.41) is 13.4. The average Bonchev–Trinajstić information content (AvgIpc) is 3.18. The van der Waals surface area contributed by atoms with Crippen LogP contribution in [0.25, 0.3) is 0 Å². The minimum absolute atomic E-state index is 0.199. The summed E-state index contributed by atoms with van der Waals surface area (Å²) in [6.45, 7) is 4.67. The lowest BCUT2D eigenvalue weighted by molar-refractivity contribution is 0.306. The predicted molar refractivity (Wildman–Crippen MR) is 113 cm³/mol. The molecule has 6 heteroatoms. The molecular formula is C23H24N4O2. The molecule has 0 aliphatic heterocycles. The number of hydrogen-bond acceptors (Lipinski definition) is 6. The Kier molecular flexibility index (Phi) is 7.01. The molecule has 0 saturated carbocycles. The number of ether oxygens (including phenoxy) is 1. The molecule has 0 aliphatic rings. The van der Waals surface area contributed by atoms with Crippen LogP contribution in [0.5, 0.6) is 5.75 Å². The Morgan fingerprint density at radius 1 is 1.14 bits per heavy atom. The van der Waals surface area contributed by atoms with Gasteiger partial charge in [-0.3, -0.25) is 0 Å². The van der Waals surface area contributed by atoms with Crippen LogP contribution in [-0.2, 0) is 6.61 Å². The van der Waals surface area contributed by atoms with Gasteiger partial charge in [-0.25, -0.2) is 10.4 Å². The molecule has 148 valence electrons. The van der Waals surface area contributed by atoms with Gasteiger partial charge in [-0.15, -0.1) is 0 Å². The molecule has 0 unspecified atom stereocenters. The third-order valence-corrected chi connectivity index (χ3v) is 4.59. The third-order valence-electron chi connectivity index (χ3n) is 4.59. The van der Waals surface area contributed by atoms with Gasteiger partial charge in [0.2, 0.25) is 11.6 Å². The molecule has 0 atom stereocenters. The van der Waals surface area contributed by atoms with Crippen molar-refractivity contribution in [2.45, 2.75) is 39.2 Å². The van der Waals surface area contributed by atoms with Crippen molar-refractivity contribution in [2.24, 2.45) is 5.10 Å². The number of nitrogens with one attached hydrogen (secondary N) is 1. The van der Waals surface area contributed by atoms with E-state index in [1.54, 1.807) is 6.21 Å². The number of anilines is 1. The zero-order valence-electron chi connectivity index (χ0n) is 16.6. The van der Waals surface area contributed by atoms with Crippen molar-refractivity contribution in [1.29, 1.82) is 5.26 Å². The van der Waals surface area contributed by atoms with Crippen molar-refractivity contribution in [2.75, 3.05) is 5.43 Å². The number of hydrazone groups is 1. The molecule has 0 amide bonds. The van der Waals surface area contributed by atoms with Crippen molar-refractivity contribution in [3.63, 3.8) is 0 Å². The fourth-order valence-electron chi connectivity index (χ4n) is 2.86. The lowest BCUT2D eigenvalue weighted by atomic mass is 10.0. The van der Waals surface area contributed by atoms with Gasteiger partial charge < -0.3 is 9.15 Å². The quantitative estimate of drug-likeness (QED) is 0.388. The summed E-state index contributed by atoms with van der Waals surface area (Å²) in [6, 6.07) is 19.7. The Morgan fingerprint density at radius 2 is 1.86 bits per heavy atom. The highest BCUT2D eigenvalue weighted by Gasteiger charge is 2.18. The third kappa shape index (κ3) is 5.45. The summed E-state index contributed by atoms with van der Waals surface area (Å²) in [4.78, 5) is 4.27. The van der Waals surface area contributed by atoms with Gasteiger partial charge in [0.15, 0.2) is 0 Å². The molecule has 0 saturated heterocycles. The van der Waals surface area contributed by atoms with E-state index in [4.69, 9.17) is 9.15 Å². The van der Waals surface area contributed by atoms with Crippen LogP contribution in [-0.4, -0.2) is 11.2 Å². The van der Waals surface area contributed by atoms with Crippen molar-refractivity contribution >= 4 is 12.1 Å². The molecule has 1 aromatic heterocycles. The molecule has 29 heavy (non-hydrogen) atoms. The van der Waals surface area contributed by atoms with E-state index in [9.17, 15) is 5.26 Å². The van der Waals surface area contributed by atoms with E-state index in [2.05, 4.69) is 29.4 Å². The fraction of sp³-hybridized carbons (Fsp3) is 0.261. The number of aromatic nitrogens is 1. The van der Waals surface area contributed by atoms with Crippen LogP contribution in [0.4, 0.5) is 5.88 Å². The first-order chi connectivity index (χ1) is 14.2. The van der Waals surface area contributed by atoms with Crippen LogP contribution in [0.3, 0.4) is 0 Å². The summed E-state index contributed by atoms with van der Waals surface area (Å²) in [5.74, 6) is 1.83. The van der Waals surface area contributed by atoms with Crippen LogP contribution >= 0.6 is 0 Å². The van der Waals surface area contributed by atoms with Crippen LogP contribution in [0.2, 0.25) is 0 Å². The van der Waals surface area contributed by atoms with Crippen molar-refractivity contribution in [1.82, 2.24) is 4.98 Å². The number of nitriles is 1. The smallest absolute Gasteiger partial charge is 0.252 e. The zero-order valence-corrected chi connectivity index (χ0v) is 16.6. The minimum atomic E-state index is 0.199. The van der Waals surface area contributed by atoms with Crippen LogP contribution in [0.15, 0.2) is 64.1 Å². The molecule has 3 rings (SSSR count). The Labute approximate surface area is 170 Å². The second-order valence-corrected chi connectivity index (χ2v) is 6.57. The Bertz CT molecular complexity index is 968. The van der Waals surface area contributed by atoms with Gasteiger partial charge in [-0.2, -0.15) is 10.4 Å². The highest BCUT2D eigenvalue weighted by Crippen LogP contribution is 2.27. The monoisotopic (exact) mass is 388 g/mol. The van der Waals surface area contributed by atoms with Crippen molar-refractivity contribution < 1.29 is 9.15 Å². The van der Waals surface area contributed by atoms with Gasteiger partial charge in [0.25, 0.3) is 5.88 Å². The first kappa shape index (κ1) is 20.2. The average molecular weight is 388 g/mol. The maximum atomic E-state index is 9.26. The van der Waals surface area contributed by atoms with Crippen LogP contribution < -0.4 is 10.2 Å². The van der Waals surface area contributed by atoms with Crippen molar-refractivity contribution in [3.8, 4) is 11.8 Å². The van der Waals surface area contributed by atoms with E-state index < -0.39 is 0 Å². The van der Waals surface area contributed by atoms with Crippen LogP contribution in [0, 0.1) is 11.3 Å². The molecular weight excluding hydrogens is 364 g/mol. The van der Waals surface area contributed by atoms with E-state index in [0.29, 0.717) is 12.5 Å². The number of nitrogens with zero attached hydrogens (tertiary/aromatic N) is 3. The van der Waals surface area contributed by atoms with Gasteiger partial charge in [-0.05, 0) is 48.2 Å². The number of oxazole rings is 1. The zero-order chi connectivity index (χ0) is 20.5. The second-order valence-electron chi connectivity index (χ2n) is 6.57. The summed E-state index contributed by atoms with van der Waals surface area (Å²) in [5.41, 5.74) is 5.01. The minimum Gasteiger partial charge on any atom is -0.489 e. The fourth-order valence-corrected chi connectivity index (χ4v) is 2.86. The van der Waals surface area contributed by atoms with E-state index in [0.717, 1.165) is 29.7 Å². The van der Waals surface area contributed by atoms with Gasteiger partial charge in [0.1, 0.15) is 18.4 Å². The summed E-state index contributed by atoms with van der Waals surface area (Å²) < 4.78 is 11.5. The highest BCUT2D eigenvalue weighted by atomic mass is 16.5. The van der Waals surface area contributed by atoms with E-state index >= 15 is 0 Å². The molecule has 6 nitrogen and oxygen atoms in total.